The first-order valence-electron chi connectivity index (χ1n) is 4.44. The Kier molecular flexibility index (Phi) is 2.88. The summed E-state index contributed by atoms with van der Waals surface area (Å²) < 4.78 is 19.5. The van der Waals surface area contributed by atoms with Crippen LogP contribution in [0.15, 0.2) is 39.4 Å². The summed E-state index contributed by atoms with van der Waals surface area (Å²) in [4.78, 5) is 0. The maximum atomic E-state index is 13.5. The van der Waals surface area contributed by atoms with Crippen LogP contribution in [-0.4, -0.2) is 0 Å². The molecule has 0 atom stereocenters. The largest absolute Gasteiger partial charge is 0.463 e. The minimum Gasteiger partial charge on any atom is -0.463 e. The van der Waals surface area contributed by atoms with E-state index in [4.69, 9.17) is 10.2 Å². The standard InChI is InChI=1S/C11H9BrFNO/c12-9-3-4-15-11(9)8-5-7(6-14)1-2-10(8)13/h1-5H,6,14H2. The van der Waals surface area contributed by atoms with Crippen molar-refractivity contribution in [3.05, 3.63) is 46.4 Å². The fourth-order valence-electron chi connectivity index (χ4n) is 1.36. The van der Waals surface area contributed by atoms with Crippen molar-refractivity contribution in [1.82, 2.24) is 0 Å². The van der Waals surface area contributed by atoms with E-state index in [1.807, 2.05) is 0 Å². The minimum atomic E-state index is -0.317. The first-order chi connectivity index (χ1) is 7.22. The van der Waals surface area contributed by atoms with Crippen molar-refractivity contribution in [2.24, 2.45) is 5.73 Å². The van der Waals surface area contributed by atoms with Gasteiger partial charge in [-0.2, -0.15) is 0 Å². The molecule has 0 saturated heterocycles. The van der Waals surface area contributed by atoms with Gasteiger partial charge in [0.25, 0.3) is 0 Å². The van der Waals surface area contributed by atoms with Crippen LogP contribution in [0.2, 0.25) is 0 Å². The van der Waals surface area contributed by atoms with E-state index in [-0.39, 0.29) is 5.82 Å². The number of nitrogens with two attached hydrogens (primary N) is 1. The summed E-state index contributed by atoms with van der Waals surface area (Å²) in [5.74, 6) is 0.172. The van der Waals surface area contributed by atoms with Crippen molar-refractivity contribution in [2.75, 3.05) is 0 Å². The van der Waals surface area contributed by atoms with Crippen LogP contribution >= 0.6 is 15.9 Å². The molecule has 0 aliphatic carbocycles. The van der Waals surface area contributed by atoms with Gasteiger partial charge in [0, 0.05) is 6.54 Å². The molecule has 0 aliphatic heterocycles. The number of hydrogen-bond acceptors (Lipinski definition) is 2. The summed E-state index contributed by atoms with van der Waals surface area (Å²) in [6.07, 6.45) is 1.51. The number of rotatable bonds is 2. The molecule has 1 heterocycles. The molecule has 1 aromatic carbocycles. The molecular weight excluding hydrogens is 261 g/mol. The Morgan fingerprint density at radius 3 is 2.73 bits per heavy atom. The number of benzene rings is 1. The van der Waals surface area contributed by atoms with Gasteiger partial charge in [-0.1, -0.05) is 6.07 Å². The molecule has 0 bridgehead atoms. The predicted octanol–water partition coefficient (Wildman–Crippen LogP) is 3.31. The Morgan fingerprint density at radius 1 is 1.33 bits per heavy atom. The van der Waals surface area contributed by atoms with E-state index in [0.29, 0.717) is 17.9 Å². The van der Waals surface area contributed by atoms with Crippen LogP contribution in [0.5, 0.6) is 0 Å². The summed E-state index contributed by atoms with van der Waals surface area (Å²) in [7, 11) is 0. The lowest BCUT2D eigenvalue weighted by Crippen LogP contribution is -1.97. The van der Waals surface area contributed by atoms with Gasteiger partial charge in [0.05, 0.1) is 16.3 Å². The average molecular weight is 270 g/mol. The second kappa shape index (κ2) is 4.16. The smallest absolute Gasteiger partial charge is 0.150 e. The Bertz CT molecular complexity index is 481. The molecule has 2 aromatic rings. The summed E-state index contributed by atoms with van der Waals surface area (Å²) in [5.41, 5.74) is 6.79. The van der Waals surface area contributed by atoms with Gasteiger partial charge in [0.1, 0.15) is 5.82 Å². The summed E-state index contributed by atoms with van der Waals surface area (Å²) in [5, 5.41) is 0. The van der Waals surface area contributed by atoms with Gasteiger partial charge < -0.3 is 10.2 Å². The number of halogens is 2. The molecule has 2 N–H and O–H groups in total. The van der Waals surface area contributed by atoms with Crippen LogP contribution in [-0.2, 0) is 6.54 Å². The topological polar surface area (TPSA) is 39.2 Å². The fourth-order valence-corrected chi connectivity index (χ4v) is 1.77. The predicted molar refractivity (Wildman–Crippen MR) is 59.7 cm³/mol. The summed E-state index contributed by atoms with van der Waals surface area (Å²) in [6.45, 7) is 0.381. The molecule has 0 unspecified atom stereocenters. The summed E-state index contributed by atoms with van der Waals surface area (Å²) in [6, 6.07) is 6.48. The average Bonchev–Trinajstić information content (AvgIpc) is 2.65. The second-order valence-electron chi connectivity index (χ2n) is 3.12. The number of hydrogen-bond donors (Lipinski definition) is 1. The Morgan fingerprint density at radius 2 is 2.13 bits per heavy atom. The zero-order chi connectivity index (χ0) is 10.8. The van der Waals surface area contributed by atoms with Crippen LogP contribution in [0.1, 0.15) is 5.56 Å². The zero-order valence-corrected chi connectivity index (χ0v) is 9.42. The molecule has 2 nitrogen and oxygen atoms in total. The molecular formula is C11H9BrFNO. The van der Waals surface area contributed by atoms with E-state index >= 15 is 0 Å². The van der Waals surface area contributed by atoms with Gasteiger partial charge in [-0.25, -0.2) is 4.39 Å². The van der Waals surface area contributed by atoms with Gasteiger partial charge >= 0.3 is 0 Å². The fraction of sp³-hybridized carbons (Fsp3) is 0.0909. The van der Waals surface area contributed by atoms with Crippen molar-refractivity contribution in [3.63, 3.8) is 0 Å². The van der Waals surface area contributed by atoms with Gasteiger partial charge in [-0.05, 0) is 39.7 Å². The lowest BCUT2D eigenvalue weighted by atomic mass is 10.1. The Balaban J connectivity index is 2.56. The minimum absolute atomic E-state index is 0.317. The molecule has 0 aliphatic rings. The molecule has 0 radical (unpaired) electrons. The van der Waals surface area contributed by atoms with Crippen LogP contribution in [0, 0.1) is 5.82 Å². The van der Waals surface area contributed by atoms with E-state index in [9.17, 15) is 4.39 Å². The lowest BCUT2D eigenvalue weighted by Gasteiger charge is -2.03. The molecule has 2 rings (SSSR count). The third-order valence-corrected chi connectivity index (χ3v) is 2.75. The number of furan rings is 1. The van der Waals surface area contributed by atoms with Crippen molar-refractivity contribution in [2.45, 2.75) is 6.54 Å². The van der Waals surface area contributed by atoms with Gasteiger partial charge in [-0.3, -0.25) is 0 Å². The maximum absolute atomic E-state index is 13.5. The molecule has 0 saturated carbocycles. The Hall–Kier alpha value is -1.13. The normalized spacial score (nSPS) is 10.6. The molecule has 78 valence electrons. The first kappa shape index (κ1) is 10.4. The van der Waals surface area contributed by atoms with Gasteiger partial charge in [0.2, 0.25) is 0 Å². The monoisotopic (exact) mass is 269 g/mol. The highest BCUT2D eigenvalue weighted by atomic mass is 79.9. The maximum Gasteiger partial charge on any atom is 0.150 e. The third-order valence-electron chi connectivity index (χ3n) is 2.13. The molecule has 0 amide bonds. The van der Waals surface area contributed by atoms with Crippen LogP contribution in [0.3, 0.4) is 0 Å². The Labute approximate surface area is 95.0 Å². The highest BCUT2D eigenvalue weighted by Gasteiger charge is 2.12. The van der Waals surface area contributed by atoms with Crippen LogP contribution < -0.4 is 5.73 Å². The van der Waals surface area contributed by atoms with Crippen molar-refractivity contribution >= 4 is 15.9 Å². The molecule has 0 spiro atoms. The quantitative estimate of drug-likeness (QED) is 0.909. The highest BCUT2D eigenvalue weighted by Crippen LogP contribution is 2.31. The van der Waals surface area contributed by atoms with Crippen LogP contribution in [0.4, 0.5) is 4.39 Å². The van der Waals surface area contributed by atoms with E-state index in [0.717, 1.165) is 10.0 Å². The van der Waals surface area contributed by atoms with E-state index in [2.05, 4.69) is 15.9 Å². The molecule has 0 fully saturated rings. The zero-order valence-electron chi connectivity index (χ0n) is 7.84. The lowest BCUT2D eigenvalue weighted by molar-refractivity contribution is 0.568. The second-order valence-corrected chi connectivity index (χ2v) is 3.97. The molecule has 1 aromatic heterocycles. The molecule has 15 heavy (non-hydrogen) atoms. The van der Waals surface area contributed by atoms with Gasteiger partial charge in [-0.15, -0.1) is 0 Å². The molecule has 4 heteroatoms. The summed E-state index contributed by atoms with van der Waals surface area (Å²) >= 11 is 3.29. The van der Waals surface area contributed by atoms with Crippen molar-refractivity contribution < 1.29 is 8.81 Å². The first-order valence-corrected chi connectivity index (χ1v) is 5.23. The van der Waals surface area contributed by atoms with E-state index in [1.165, 1.54) is 12.3 Å². The van der Waals surface area contributed by atoms with Gasteiger partial charge in [0.15, 0.2) is 5.76 Å². The highest BCUT2D eigenvalue weighted by molar-refractivity contribution is 9.10. The SMILES string of the molecule is NCc1ccc(F)c(-c2occc2Br)c1. The van der Waals surface area contributed by atoms with Crippen molar-refractivity contribution in [3.8, 4) is 11.3 Å². The van der Waals surface area contributed by atoms with Crippen molar-refractivity contribution in [1.29, 1.82) is 0 Å². The van der Waals surface area contributed by atoms with E-state index in [1.54, 1.807) is 18.2 Å². The third kappa shape index (κ3) is 1.96. The van der Waals surface area contributed by atoms with Crippen LogP contribution in [0.25, 0.3) is 11.3 Å². The van der Waals surface area contributed by atoms with E-state index < -0.39 is 0 Å².